The van der Waals surface area contributed by atoms with Gasteiger partial charge in [0.05, 0.1) is 22.9 Å². The molecular formula is C28H23ClN4O2. The highest BCUT2D eigenvalue weighted by Gasteiger charge is 2.18. The van der Waals surface area contributed by atoms with Crippen molar-refractivity contribution in [2.45, 2.75) is 38.1 Å². The van der Waals surface area contributed by atoms with Gasteiger partial charge in [-0.2, -0.15) is 5.26 Å². The highest BCUT2D eigenvalue weighted by molar-refractivity contribution is 6.32. The van der Waals surface area contributed by atoms with Crippen LogP contribution in [0.3, 0.4) is 0 Å². The predicted octanol–water partition coefficient (Wildman–Crippen LogP) is 5.68. The van der Waals surface area contributed by atoms with Gasteiger partial charge in [0.1, 0.15) is 5.82 Å². The molecule has 1 unspecified atom stereocenters. The molecule has 0 saturated heterocycles. The second-order valence-corrected chi connectivity index (χ2v) is 9.10. The zero-order valence-electron chi connectivity index (χ0n) is 19.0. The fourth-order valence-corrected chi connectivity index (χ4v) is 4.86. The Morgan fingerprint density at radius 2 is 1.89 bits per heavy atom. The molecule has 1 aliphatic rings. The first-order valence-electron chi connectivity index (χ1n) is 11.6. The van der Waals surface area contributed by atoms with Gasteiger partial charge in [-0.1, -0.05) is 54.4 Å². The van der Waals surface area contributed by atoms with Gasteiger partial charge >= 0.3 is 0 Å². The van der Waals surface area contributed by atoms with Crippen LogP contribution in [0, 0.1) is 11.3 Å². The number of hydrogen-bond donors (Lipinski definition) is 1. The van der Waals surface area contributed by atoms with E-state index in [2.05, 4.69) is 11.4 Å². The van der Waals surface area contributed by atoms with Crippen LogP contribution in [0.15, 0.2) is 71.5 Å². The minimum absolute atomic E-state index is 0.0494. The number of nitrogens with zero attached hydrogens (tertiary/aromatic N) is 3. The zero-order valence-corrected chi connectivity index (χ0v) is 19.8. The van der Waals surface area contributed by atoms with E-state index in [4.69, 9.17) is 16.6 Å². The molecule has 1 aromatic heterocycles. The highest BCUT2D eigenvalue weighted by atomic mass is 35.5. The largest absolute Gasteiger partial charge is 0.322 e. The molecule has 1 atom stereocenters. The van der Waals surface area contributed by atoms with Gasteiger partial charge in [0, 0.05) is 29.2 Å². The summed E-state index contributed by atoms with van der Waals surface area (Å²) in [6, 6.07) is 21.9. The van der Waals surface area contributed by atoms with Gasteiger partial charge in [0.2, 0.25) is 0 Å². The number of aromatic nitrogens is 2. The van der Waals surface area contributed by atoms with Crippen molar-refractivity contribution < 1.29 is 4.79 Å². The minimum Gasteiger partial charge on any atom is -0.322 e. The van der Waals surface area contributed by atoms with Gasteiger partial charge in [0.25, 0.3) is 11.5 Å². The van der Waals surface area contributed by atoms with Crippen molar-refractivity contribution in [1.82, 2.24) is 9.55 Å². The van der Waals surface area contributed by atoms with Gasteiger partial charge in [0.15, 0.2) is 0 Å². The third-order valence-electron chi connectivity index (χ3n) is 6.41. The Kier molecular flexibility index (Phi) is 6.35. The average molecular weight is 483 g/mol. The Morgan fingerprint density at radius 3 is 2.66 bits per heavy atom. The van der Waals surface area contributed by atoms with Crippen molar-refractivity contribution in [3.05, 3.63) is 105 Å². The monoisotopic (exact) mass is 482 g/mol. The topological polar surface area (TPSA) is 87.8 Å². The molecule has 1 N–H and O–H groups in total. The summed E-state index contributed by atoms with van der Waals surface area (Å²) in [5.41, 5.74) is 2.93. The van der Waals surface area contributed by atoms with Crippen molar-refractivity contribution in [3.8, 4) is 6.07 Å². The molecule has 5 rings (SSSR count). The normalized spacial score (nSPS) is 13.9. The maximum Gasteiger partial charge on any atom is 0.261 e. The SMILES string of the molecule is N#CC(c1ccccc1)c1ccc(NC(=O)c2ccc3c(=O)n4c(nc3c2)CCCCC4)cc1Cl. The molecular weight excluding hydrogens is 460 g/mol. The van der Waals surface area contributed by atoms with Crippen LogP contribution in [0.5, 0.6) is 0 Å². The summed E-state index contributed by atoms with van der Waals surface area (Å²) in [4.78, 5) is 30.6. The number of halogens is 1. The van der Waals surface area contributed by atoms with Crippen LogP contribution in [0.4, 0.5) is 5.69 Å². The highest BCUT2D eigenvalue weighted by Crippen LogP contribution is 2.32. The van der Waals surface area contributed by atoms with Crippen molar-refractivity contribution >= 4 is 34.1 Å². The molecule has 4 aromatic rings. The van der Waals surface area contributed by atoms with E-state index < -0.39 is 5.92 Å². The first-order chi connectivity index (χ1) is 17.0. The van der Waals surface area contributed by atoms with Crippen LogP contribution in [0.2, 0.25) is 5.02 Å². The van der Waals surface area contributed by atoms with E-state index in [1.54, 1.807) is 41.0 Å². The van der Waals surface area contributed by atoms with Gasteiger partial charge in [-0.3, -0.25) is 14.2 Å². The molecule has 2 heterocycles. The van der Waals surface area contributed by atoms with E-state index >= 15 is 0 Å². The van der Waals surface area contributed by atoms with Gasteiger partial charge < -0.3 is 5.32 Å². The Balaban J connectivity index is 1.40. The summed E-state index contributed by atoms with van der Waals surface area (Å²) in [6.45, 7) is 0.688. The summed E-state index contributed by atoms with van der Waals surface area (Å²) in [5, 5.41) is 13.5. The number of aryl methyl sites for hydroxylation is 1. The van der Waals surface area contributed by atoms with Gasteiger partial charge in [-0.05, 0) is 54.3 Å². The number of carbonyl (C=O) groups is 1. The molecule has 1 amide bonds. The Morgan fingerprint density at radius 1 is 1.06 bits per heavy atom. The fraction of sp³-hybridized carbons (Fsp3) is 0.214. The minimum atomic E-state index is -0.505. The molecule has 0 saturated carbocycles. The molecule has 0 radical (unpaired) electrons. The lowest BCUT2D eigenvalue weighted by atomic mass is 9.92. The molecule has 0 bridgehead atoms. The number of amides is 1. The maximum atomic E-state index is 13.0. The molecule has 3 aromatic carbocycles. The van der Waals surface area contributed by atoms with E-state index in [0.29, 0.717) is 39.3 Å². The van der Waals surface area contributed by atoms with Crippen LogP contribution in [-0.2, 0) is 13.0 Å². The third kappa shape index (κ3) is 4.55. The summed E-state index contributed by atoms with van der Waals surface area (Å²) in [7, 11) is 0. The number of rotatable bonds is 4. The quantitative estimate of drug-likeness (QED) is 0.405. The number of fused-ring (bicyclic) bond motifs is 2. The molecule has 1 aliphatic heterocycles. The summed E-state index contributed by atoms with van der Waals surface area (Å²) in [5.74, 6) is -0.0489. The molecule has 7 heteroatoms. The average Bonchev–Trinajstić information content (AvgIpc) is 3.12. The number of hydrogen-bond acceptors (Lipinski definition) is 4. The lowest BCUT2D eigenvalue weighted by Crippen LogP contribution is -2.24. The van der Waals surface area contributed by atoms with Crippen molar-refractivity contribution in [2.24, 2.45) is 0 Å². The summed E-state index contributed by atoms with van der Waals surface area (Å²) < 4.78 is 1.77. The van der Waals surface area contributed by atoms with Crippen LogP contribution in [0.1, 0.15) is 52.5 Å². The number of carbonyl (C=O) groups excluding carboxylic acids is 1. The van der Waals surface area contributed by atoms with Crippen LogP contribution >= 0.6 is 11.6 Å². The standard InChI is InChI=1S/C28H23ClN4O2/c29-24-16-20(11-13-21(24)23(17-30)18-7-3-1-4-8-18)31-27(34)19-10-12-22-25(15-19)32-26-9-5-2-6-14-33(26)28(22)35/h1,3-4,7-8,10-13,15-16,23H,2,5-6,9,14H2,(H,31,34). The van der Waals surface area contributed by atoms with Crippen molar-refractivity contribution in [2.75, 3.05) is 5.32 Å². The molecule has 0 aliphatic carbocycles. The first-order valence-corrected chi connectivity index (χ1v) is 12.0. The van der Waals surface area contributed by atoms with Crippen LogP contribution < -0.4 is 10.9 Å². The van der Waals surface area contributed by atoms with Crippen LogP contribution in [0.25, 0.3) is 10.9 Å². The second-order valence-electron chi connectivity index (χ2n) is 8.69. The number of nitriles is 1. The summed E-state index contributed by atoms with van der Waals surface area (Å²) >= 11 is 6.51. The van der Waals surface area contributed by atoms with E-state index in [-0.39, 0.29) is 11.5 Å². The Labute approximate surface area is 207 Å². The molecule has 6 nitrogen and oxygen atoms in total. The van der Waals surface area contributed by atoms with Crippen LogP contribution in [-0.4, -0.2) is 15.5 Å². The van der Waals surface area contributed by atoms with E-state index in [1.165, 1.54) is 0 Å². The lowest BCUT2D eigenvalue weighted by molar-refractivity contribution is 0.102. The molecule has 35 heavy (non-hydrogen) atoms. The smallest absolute Gasteiger partial charge is 0.261 e. The second kappa shape index (κ2) is 9.73. The number of nitrogens with one attached hydrogen (secondary N) is 1. The Hall–Kier alpha value is -3.95. The predicted molar refractivity (Wildman–Crippen MR) is 137 cm³/mol. The summed E-state index contributed by atoms with van der Waals surface area (Å²) in [6.07, 6.45) is 3.82. The van der Waals surface area contributed by atoms with Crippen molar-refractivity contribution in [1.29, 1.82) is 5.26 Å². The molecule has 0 spiro atoms. The Bertz CT molecular complexity index is 1520. The number of benzene rings is 3. The van der Waals surface area contributed by atoms with Gasteiger partial charge in [-0.15, -0.1) is 0 Å². The molecule has 174 valence electrons. The first kappa shape index (κ1) is 22.8. The van der Waals surface area contributed by atoms with E-state index in [0.717, 1.165) is 37.1 Å². The van der Waals surface area contributed by atoms with E-state index in [9.17, 15) is 14.9 Å². The van der Waals surface area contributed by atoms with Crippen molar-refractivity contribution in [3.63, 3.8) is 0 Å². The molecule has 0 fully saturated rings. The van der Waals surface area contributed by atoms with Gasteiger partial charge in [-0.25, -0.2) is 4.98 Å². The van der Waals surface area contributed by atoms with E-state index in [1.807, 2.05) is 30.3 Å². The third-order valence-corrected chi connectivity index (χ3v) is 6.74. The maximum absolute atomic E-state index is 13.0. The lowest BCUT2D eigenvalue weighted by Gasteiger charge is -2.14. The fourth-order valence-electron chi connectivity index (χ4n) is 4.57. The zero-order chi connectivity index (χ0) is 24.4. The number of anilines is 1.